The smallest absolute Gasteiger partial charge is 0.362 e. The number of nitrogens with one attached hydrogen (secondary N) is 2. The second kappa shape index (κ2) is 13.3. The molecule has 0 rings (SSSR count). The highest BCUT2D eigenvalue weighted by atomic mass is 16.5. The van der Waals surface area contributed by atoms with Crippen molar-refractivity contribution < 1.29 is 39.1 Å². The number of hydrazone groups is 2. The van der Waals surface area contributed by atoms with Gasteiger partial charge in [0, 0.05) is 0 Å². The molecule has 0 aliphatic heterocycles. The van der Waals surface area contributed by atoms with E-state index in [-0.39, 0.29) is 24.6 Å². The van der Waals surface area contributed by atoms with E-state index in [0.717, 1.165) is 0 Å². The Balaban J connectivity index is 4.81. The lowest BCUT2D eigenvalue weighted by Crippen LogP contribution is -2.32. The lowest BCUT2D eigenvalue weighted by atomic mass is 10.2. The van der Waals surface area contributed by atoms with Crippen molar-refractivity contribution in [3.8, 4) is 0 Å². The molecule has 0 aliphatic carbocycles. The van der Waals surface area contributed by atoms with Crippen LogP contribution in [0.4, 0.5) is 0 Å². The van der Waals surface area contributed by atoms with E-state index in [9.17, 15) is 19.2 Å². The summed E-state index contributed by atoms with van der Waals surface area (Å²) >= 11 is 0. The summed E-state index contributed by atoms with van der Waals surface area (Å²) in [4.78, 5) is 46.4. The molecule has 0 fully saturated rings. The van der Waals surface area contributed by atoms with Crippen molar-refractivity contribution in [3.05, 3.63) is 0 Å². The molecular formula is C15H22N6O8. The van der Waals surface area contributed by atoms with Crippen LogP contribution >= 0.6 is 0 Å². The number of esters is 2. The van der Waals surface area contributed by atoms with Gasteiger partial charge in [-0.2, -0.15) is 10.2 Å². The van der Waals surface area contributed by atoms with Gasteiger partial charge in [-0.3, -0.25) is 9.59 Å². The fraction of sp³-hybridized carbons (Fsp3) is 0.467. The largest absolute Gasteiger partial charge is 0.461 e. The Labute approximate surface area is 165 Å². The van der Waals surface area contributed by atoms with Crippen LogP contribution in [-0.4, -0.2) is 70.2 Å². The zero-order chi connectivity index (χ0) is 22.4. The standard InChI is InChI=1S/C15H22N6O8/c1-5-28-14(24)12(20-26)8(3)16-18-10(22)7-11(23)19-17-9(4)13(21-27)15(25)29-6-2/h26-27H,5-7H2,1-4H3,(H,18,22)(H,19,23). The van der Waals surface area contributed by atoms with Crippen molar-refractivity contribution in [1.29, 1.82) is 0 Å². The van der Waals surface area contributed by atoms with Gasteiger partial charge in [-0.1, -0.05) is 10.3 Å². The first-order chi connectivity index (χ1) is 13.7. The molecule has 0 aliphatic rings. The first kappa shape index (κ1) is 25.2. The Hall–Kier alpha value is -3.84. The number of ether oxygens (including phenoxy) is 2. The van der Waals surface area contributed by atoms with Crippen molar-refractivity contribution in [2.75, 3.05) is 13.2 Å². The summed E-state index contributed by atoms with van der Waals surface area (Å²) < 4.78 is 9.28. The Bertz CT molecular complexity index is 694. The van der Waals surface area contributed by atoms with Crippen LogP contribution < -0.4 is 10.9 Å². The van der Waals surface area contributed by atoms with Crippen LogP contribution in [0.1, 0.15) is 34.1 Å². The minimum Gasteiger partial charge on any atom is -0.461 e. The van der Waals surface area contributed by atoms with Gasteiger partial charge >= 0.3 is 11.9 Å². The predicted octanol–water partition coefficient (Wildman–Crippen LogP) is -0.853. The van der Waals surface area contributed by atoms with Crippen molar-refractivity contribution in [1.82, 2.24) is 10.9 Å². The number of rotatable bonds is 10. The molecule has 0 saturated heterocycles. The summed E-state index contributed by atoms with van der Waals surface area (Å²) in [6.45, 7) is 5.71. The predicted molar refractivity (Wildman–Crippen MR) is 98.8 cm³/mol. The minimum atomic E-state index is -0.948. The molecule has 0 radical (unpaired) electrons. The molecule has 0 saturated carbocycles. The van der Waals surface area contributed by atoms with Gasteiger partial charge in [0.25, 0.3) is 0 Å². The molecule has 0 heterocycles. The molecule has 4 N–H and O–H groups in total. The van der Waals surface area contributed by atoms with E-state index in [0.29, 0.717) is 0 Å². The summed E-state index contributed by atoms with van der Waals surface area (Å²) in [5, 5.41) is 30.2. The van der Waals surface area contributed by atoms with Crippen molar-refractivity contribution in [2.45, 2.75) is 34.1 Å². The number of nitrogens with zero attached hydrogens (tertiary/aromatic N) is 4. The van der Waals surface area contributed by atoms with Gasteiger partial charge in [0.15, 0.2) is 0 Å². The highest BCUT2D eigenvalue weighted by molar-refractivity contribution is 6.65. The highest BCUT2D eigenvalue weighted by Gasteiger charge is 2.19. The molecule has 29 heavy (non-hydrogen) atoms. The number of carbonyl (C=O) groups is 4. The third-order valence-electron chi connectivity index (χ3n) is 2.84. The molecule has 0 spiro atoms. The van der Waals surface area contributed by atoms with E-state index in [1.165, 1.54) is 13.8 Å². The first-order valence-electron chi connectivity index (χ1n) is 8.17. The fourth-order valence-electron chi connectivity index (χ4n) is 1.54. The summed E-state index contributed by atoms with van der Waals surface area (Å²) in [6.07, 6.45) is -0.719. The van der Waals surface area contributed by atoms with Crippen LogP contribution in [0.2, 0.25) is 0 Å². The second-order valence-corrected chi connectivity index (χ2v) is 4.98. The topological polar surface area (TPSA) is 201 Å². The quantitative estimate of drug-likeness (QED) is 0.116. The van der Waals surface area contributed by atoms with E-state index in [2.05, 4.69) is 30.0 Å². The summed E-state index contributed by atoms with van der Waals surface area (Å²) in [5.41, 5.74) is 2.60. The number of hydrogen-bond acceptors (Lipinski definition) is 12. The van der Waals surface area contributed by atoms with Crippen LogP contribution in [0.15, 0.2) is 20.5 Å². The van der Waals surface area contributed by atoms with Crippen LogP contribution in [0, 0.1) is 0 Å². The molecule has 0 aromatic heterocycles. The summed E-state index contributed by atoms with van der Waals surface area (Å²) in [7, 11) is 0. The normalized spacial score (nSPS) is 12.8. The maximum atomic E-state index is 11.7. The van der Waals surface area contributed by atoms with Crippen LogP contribution in [-0.2, 0) is 28.7 Å². The van der Waals surface area contributed by atoms with Crippen molar-refractivity contribution in [3.63, 3.8) is 0 Å². The van der Waals surface area contributed by atoms with E-state index in [1.54, 1.807) is 13.8 Å². The van der Waals surface area contributed by atoms with Gasteiger partial charge in [0.2, 0.25) is 23.2 Å². The lowest BCUT2D eigenvalue weighted by molar-refractivity contribution is -0.135. The maximum absolute atomic E-state index is 11.7. The molecule has 0 aromatic rings. The molecular weight excluding hydrogens is 392 g/mol. The molecule has 0 bridgehead atoms. The van der Waals surface area contributed by atoms with Crippen LogP contribution in [0.5, 0.6) is 0 Å². The van der Waals surface area contributed by atoms with E-state index < -0.39 is 41.6 Å². The second-order valence-electron chi connectivity index (χ2n) is 4.98. The molecule has 2 amide bonds. The van der Waals surface area contributed by atoms with Crippen LogP contribution in [0.25, 0.3) is 0 Å². The van der Waals surface area contributed by atoms with E-state index in [1.807, 2.05) is 10.9 Å². The monoisotopic (exact) mass is 414 g/mol. The van der Waals surface area contributed by atoms with Crippen molar-refractivity contribution in [2.24, 2.45) is 20.5 Å². The zero-order valence-electron chi connectivity index (χ0n) is 16.3. The molecule has 14 heteroatoms. The molecule has 160 valence electrons. The van der Waals surface area contributed by atoms with Crippen LogP contribution in [0.3, 0.4) is 0 Å². The van der Waals surface area contributed by atoms with Gasteiger partial charge < -0.3 is 19.9 Å². The zero-order valence-corrected chi connectivity index (χ0v) is 16.3. The summed E-state index contributed by atoms with van der Waals surface area (Å²) in [6, 6.07) is 0. The average Bonchev–Trinajstić information content (AvgIpc) is 2.66. The Morgan fingerprint density at radius 1 is 0.759 bits per heavy atom. The molecule has 0 atom stereocenters. The molecule has 14 nitrogen and oxygen atoms in total. The maximum Gasteiger partial charge on any atom is 0.362 e. The average molecular weight is 414 g/mol. The fourth-order valence-corrected chi connectivity index (χ4v) is 1.54. The highest BCUT2D eigenvalue weighted by Crippen LogP contribution is 1.92. The number of hydrogen-bond donors (Lipinski definition) is 4. The number of amides is 2. The third-order valence-corrected chi connectivity index (χ3v) is 2.84. The minimum absolute atomic E-state index is 0.0382. The lowest BCUT2D eigenvalue weighted by Gasteiger charge is -2.05. The van der Waals surface area contributed by atoms with Gasteiger partial charge in [-0.15, -0.1) is 0 Å². The Morgan fingerprint density at radius 3 is 1.38 bits per heavy atom. The van der Waals surface area contributed by atoms with E-state index in [4.69, 9.17) is 10.4 Å². The molecule has 0 aromatic carbocycles. The molecule has 0 unspecified atom stereocenters. The van der Waals surface area contributed by atoms with Crippen molar-refractivity contribution >= 4 is 46.6 Å². The third kappa shape index (κ3) is 9.07. The SMILES string of the molecule is CCOC(=O)C(=NO)C(C)=NNC(=O)CC(=O)NN=C(C)C(=NO)C(=O)OCC. The van der Waals surface area contributed by atoms with Gasteiger partial charge in [0.05, 0.1) is 24.6 Å². The summed E-state index contributed by atoms with van der Waals surface area (Å²) in [5.74, 6) is -3.65. The Kier molecular flexibility index (Phi) is 11.6. The number of oxime groups is 2. The first-order valence-corrected chi connectivity index (χ1v) is 8.17. The van der Waals surface area contributed by atoms with Gasteiger partial charge in [-0.05, 0) is 27.7 Å². The Morgan fingerprint density at radius 2 is 1.10 bits per heavy atom. The van der Waals surface area contributed by atoms with E-state index >= 15 is 0 Å². The van der Waals surface area contributed by atoms with Gasteiger partial charge in [-0.25, -0.2) is 20.4 Å². The van der Waals surface area contributed by atoms with Gasteiger partial charge in [0.1, 0.15) is 6.42 Å². The number of carbonyl (C=O) groups excluding carboxylic acids is 4.